The Morgan fingerprint density at radius 2 is 1.58 bits per heavy atom. The van der Waals surface area contributed by atoms with E-state index in [1.165, 1.54) is 0 Å². The topological polar surface area (TPSA) is 46.5 Å². The van der Waals surface area contributed by atoms with Crippen molar-refractivity contribution in [3.63, 3.8) is 0 Å². The van der Waals surface area contributed by atoms with Crippen LogP contribution in [0.3, 0.4) is 0 Å². The van der Waals surface area contributed by atoms with E-state index in [2.05, 4.69) is 0 Å². The molecule has 4 rings (SSSR count). The molecule has 0 saturated heterocycles. The number of methoxy groups -OCH3 is 1. The zero-order valence-corrected chi connectivity index (χ0v) is 15.3. The Hall–Kier alpha value is -2.33. The van der Waals surface area contributed by atoms with Gasteiger partial charge in [0, 0.05) is 27.3 Å². The van der Waals surface area contributed by atoms with E-state index in [1.54, 1.807) is 67.8 Å². The van der Waals surface area contributed by atoms with Crippen LogP contribution in [0.1, 0.15) is 32.6 Å². The molecule has 0 amide bonds. The van der Waals surface area contributed by atoms with Crippen LogP contribution in [-0.4, -0.2) is 18.0 Å². The molecule has 3 nitrogen and oxygen atoms in total. The summed E-state index contributed by atoms with van der Waals surface area (Å²) in [4.78, 5) is 13.0. The Kier molecular flexibility index (Phi) is 4.03. The molecule has 130 valence electrons. The Balaban J connectivity index is 2.10. The fourth-order valence-corrected chi connectivity index (χ4v) is 4.11. The summed E-state index contributed by atoms with van der Waals surface area (Å²) in [6.07, 6.45) is 0. The van der Waals surface area contributed by atoms with Crippen LogP contribution in [0.5, 0.6) is 5.75 Å². The Morgan fingerprint density at radius 3 is 2.27 bits per heavy atom. The molecule has 0 aliphatic heterocycles. The molecule has 3 aromatic carbocycles. The SMILES string of the molecule is COc1ccc([C@@]2(O)c3cccc(Cl)c3C(=O)c3cccc(Cl)c32)cc1. The normalized spacial score (nSPS) is 18.2. The predicted molar refractivity (Wildman–Crippen MR) is 101 cm³/mol. The van der Waals surface area contributed by atoms with E-state index >= 15 is 0 Å². The minimum Gasteiger partial charge on any atom is -0.497 e. The van der Waals surface area contributed by atoms with Crippen molar-refractivity contribution in [3.05, 3.63) is 98.5 Å². The summed E-state index contributed by atoms with van der Waals surface area (Å²) in [5.41, 5.74) is 0.392. The fraction of sp³-hybridized carbons (Fsp3) is 0.0952. The summed E-state index contributed by atoms with van der Waals surface area (Å²) in [6.45, 7) is 0. The van der Waals surface area contributed by atoms with Gasteiger partial charge in [-0.2, -0.15) is 0 Å². The molecule has 0 heterocycles. The van der Waals surface area contributed by atoms with Gasteiger partial charge in [0.25, 0.3) is 0 Å². The molecule has 0 bridgehead atoms. The maximum atomic E-state index is 13.0. The van der Waals surface area contributed by atoms with Gasteiger partial charge in [0.05, 0.1) is 12.1 Å². The second-order valence-electron chi connectivity index (χ2n) is 6.09. The van der Waals surface area contributed by atoms with Crippen molar-refractivity contribution in [2.24, 2.45) is 0 Å². The molecule has 0 spiro atoms. The summed E-state index contributed by atoms with van der Waals surface area (Å²) >= 11 is 12.8. The van der Waals surface area contributed by atoms with Gasteiger partial charge in [-0.3, -0.25) is 4.79 Å². The van der Waals surface area contributed by atoms with Crippen LogP contribution in [0.2, 0.25) is 10.0 Å². The van der Waals surface area contributed by atoms with Crippen molar-refractivity contribution in [2.45, 2.75) is 5.60 Å². The molecule has 1 N–H and O–H groups in total. The minimum atomic E-state index is -1.60. The van der Waals surface area contributed by atoms with E-state index in [9.17, 15) is 9.90 Å². The van der Waals surface area contributed by atoms with Crippen molar-refractivity contribution in [1.29, 1.82) is 0 Å². The fourth-order valence-electron chi connectivity index (χ4n) is 3.54. The lowest BCUT2D eigenvalue weighted by Gasteiger charge is -2.37. The molecule has 1 aliphatic carbocycles. The van der Waals surface area contributed by atoms with Crippen molar-refractivity contribution in [2.75, 3.05) is 7.11 Å². The second kappa shape index (κ2) is 6.13. The average Bonchev–Trinajstić information content (AvgIpc) is 2.66. The summed E-state index contributed by atoms with van der Waals surface area (Å²) in [6, 6.07) is 17.1. The van der Waals surface area contributed by atoms with E-state index in [-0.39, 0.29) is 5.78 Å². The number of hydrogen-bond acceptors (Lipinski definition) is 3. The highest BCUT2D eigenvalue weighted by atomic mass is 35.5. The lowest BCUT2D eigenvalue weighted by molar-refractivity contribution is 0.0950. The molecule has 1 atom stereocenters. The molecule has 3 aromatic rings. The van der Waals surface area contributed by atoms with Gasteiger partial charge < -0.3 is 9.84 Å². The molecule has 26 heavy (non-hydrogen) atoms. The maximum Gasteiger partial charge on any atom is 0.195 e. The van der Waals surface area contributed by atoms with Gasteiger partial charge in [-0.15, -0.1) is 0 Å². The summed E-state index contributed by atoms with van der Waals surface area (Å²) in [7, 11) is 1.57. The quantitative estimate of drug-likeness (QED) is 0.687. The van der Waals surface area contributed by atoms with Gasteiger partial charge in [-0.05, 0) is 29.8 Å². The molecular weight excluding hydrogens is 371 g/mol. The van der Waals surface area contributed by atoms with Crippen LogP contribution < -0.4 is 4.74 Å². The molecular formula is C21H14Cl2O3. The van der Waals surface area contributed by atoms with Crippen LogP contribution in [0.25, 0.3) is 0 Å². The number of ether oxygens (including phenoxy) is 1. The van der Waals surface area contributed by atoms with Gasteiger partial charge in [0.1, 0.15) is 11.4 Å². The first-order chi connectivity index (χ1) is 12.5. The first-order valence-corrected chi connectivity index (χ1v) is 8.73. The first kappa shape index (κ1) is 17.1. The van der Waals surface area contributed by atoms with E-state index in [0.717, 1.165) is 0 Å². The molecule has 0 aromatic heterocycles. The Labute approximate surface area is 160 Å². The molecule has 5 heteroatoms. The number of fused-ring (bicyclic) bond motifs is 2. The van der Waals surface area contributed by atoms with Crippen LogP contribution in [0.15, 0.2) is 60.7 Å². The lowest BCUT2D eigenvalue weighted by Crippen LogP contribution is -2.37. The van der Waals surface area contributed by atoms with Crippen LogP contribution in [0.4, 0.5) is 0 Å². The number of benzene rings is 3. The van der Waals surface area contributed by atoms with Gasteiger partial charge in [-0.1, -0.05) is 59.6 Å². The van der Waals surface area contributed by atoms with Gasteiger partial charge in [-0.25, -0.2) is 0 Å². The van der Waals surface area contributed by atoms with Gasteiger partial charge in [0.15, 0.2) is 5.78 Å². The van der Waals surface area contributed by atoms with Crippen LogP contribution in [-0.2, 0) is 5.60 Å². The maximum absolute atomic E-state index is 13.0. The monoisotopic (exact) mass is 384 g/mol. The number of carbonyl (C=O) groups is 1. The zero-order chi connectivity index (χ0) is 18.5. The summed E-state index contributed by atoms with van der Waals surface area (Å²) in [5, 5.41) is 12.5. The van der Waals surface area contributed by atoms with Crippen molar-refractivity contribution in [1.82, 2.24) is 0 Å². The Morgan fingerprint density at radius 1 is 0.923 bits per heavy atom. The van der Waals surface area contributed by atoms with E-state index < -0.39 is 5.60 Å². The molecule has 0 radical (unpaired) electrons. The lowest BCUT2D eigenvalue weighted by atomic mass is 9.71. The number of aliphatic hydroxyl groups is 1. The van der Waals surface area contributed by atoms with Gasteiger partial charge >= 0.3 is 0 Å². The van der Waals surface area contributed by atoms with E-state index in [1.807, 2.05) is 0 Å². The highest BCUT2D eigenvalue weighted by Gasteiger charge is 2.45. The molecule has 0 fully saturated rings. The number of halogens is 2. The summed E-state index contributed by atoms with van der Waals surface area (Å²) in [5.74, 6) is 0.413. The van der Waals surface area contributed by atoms with Gasteiger partial charge in [0.2, 0.25) is 0 Å². The van der Waals surface area contributed by atoms with Crippen molar-refractivity contribution < 1.29 is 14.6 Å². The molecule has 0 saturated carbocycles. The number of rotatable bonds is 2. The van der Waals surface area contributed by atoms with Crippen LogP contribution in [0, 0.1) is 0 Å². The third kappa shape index (κ3) is 2.28. The number of hydrogen-bond donors (Lipinski definition) is 1. The number of carbonyl (C=O) groups excluding carboxylic acids is 1. The van der Waals surface area contributed by atoms with E-state index in [4.69, 9.17) is 27.9 Å². The van der Waals surface area contributed by atoms with Crippen molar-refractivity contribution in [3.8, 4) is 5.75 Å². The largest absolute Gasteiger partial charge is 0.497 e. The zero-order valence-electron chi connectivity index (χ0n) is 13.8. The average molecular weight is 385 g/mol. The van der Waals surface area contributed by atoms with E-state index in [0.29, 0.717) is 43.6 Å². The highest BCUT2D eigenvalue weighted by Crippen LogP contribution is 2.48. The predicted octanol–water partition coefficient (Wildman–Crippen LogP) is 4.83. The third-order valence-corrected chi connectivity index (χ3v) is 5.39. The van der Waals surface area contributed by atoms with Crippen molar-refractivity contribution >= 4 is 29.0 Å². The highest BCUT2D eigenvalue weighted by molar-refractivity contribution is 6.37. The smallest absolute Gasteiger partial charge is 0.195 e. The minimum absolute atomic E-state index is 0.249. The summed E-state index contributed by atoms with van der Waals surface area (Å²) < 4.78 is 5.21. The molecule has 1 aliphatic rings. The number of ketones is 1. The second-order valence-corrected chi connectivity index (χ2v) is 6.91. The standard InChI is InChI=1S/C21H14Cl2O3/c1-26-13-10-8-12(9-11-13)21(25)15-5-3-6-16(22)18(15)20(24)14-4-2-7-17(23)19(14)21/h2-11,25H,1H3/t21-/m1/s1. The van der Waals surface area contributed by atoms with Crippen LogP contribution >= 0.6 is 23.2 Å². The molecule has 0 unspecified atom stereocenters. The third-order valence-electron chi connectivity index (χ3n) is 4.76. The Bertz CT molecular complexity index is 1030. The first-order valence-electron chi connectivity index (χ1n) is 7.98.